The first-order chi connectivity index (χ1) is 9.29. The van der Waals surface area contributed by atoms with Gasteiger partial charge in [0.15, 0.2) is 5.78 Å². The maximum Gasteiger partial charge on any atom is 0.165 e. The maximum absolute atomic E-state index is 12.5. The SMILES string of the molecule is CCCCCC(CCCCC)C(=O)c1ccccc1. The van der Waals surface area contributed by atoms with Crippen LogP contribution in [-0.2, 0) is 0 Å². The van der Waals surface area contributed by atoms with Crippen molar-refractivity contribution in [1.29, 1.82) is 0 Å². The lowest BCUT2D eigenvalue weighted by Gasteiger charge is -2.15. The topological polar surface area (TPSA) is 17.1 Å². The van der Waals surface area contributed by atoms with E-state index in [0.717, 1.165) is 18.4 Å². The summed E-state index contributed by atoms with van der Waals surface area (Å²) in [4.78, 5) is 12.5. The van der Waals surface area contributed by atoms with Gasteiger partial charge in [0.1, 0.15) is 0 Å². The summed E-state index contributed by atoms with van der Waals surface area (Å²) in [7, 11) is 0. The molecule has 19 heavy (non-hydrogen) atoms. The number of hydrogen-bond acceptors (Lipinski definition) is 1. The van der Waals surface area contributed by atoms with Crippen molar-refractivity contribution in [3.63, 3.8) is 0 Å². The Kier molecular flexibility index (Phi) is 8.20. The monoisotopic (exact) mass is 260 g/mol. The zero-order valence-corrected chi connectivity index (χ0v) is 12.5. The predicted molar refractivity (Wildman–Crippen MR) is 82.5 cm³/mol. The van der Waals surface area contributed by atoms with E-state index in [1.807, 2.05) is 30.3 Å². The standard InChI is InChI=1S/C18H28O/c1-3-5-8-12-16(13-9-6-4-2)18(19)17-14-10-7-11-15-17/h7,10-11,14-16H,3-6,8-9,12-13H2,1-2H3. The van der Waals surface area contributed by atoms with Crippen LogP contribution in [0.25, 0.3) is 0 Å². The Morgan fingerprint density at radius 2 is 1.42 bits per heavy atom. The minimum atomic E-state index is 0.237. The fourth-order valence-electron chi connectivity index (χ4n) is 2.53. The van der Waals surface area contributed by atoms with Crippen molar-refractivity contribution in [3.8, 4) is 0 Å². The summed E-state index contributed by atoms with van der Waals surface area (Å²) in [6.45, 7) is 4.43. The Morgan fingerprint density at radius 3 is 1.89 bits per heavy atom. The van der Waals surface area contributed by atoms with E-state index in [1.54, 1.807) is 0 Å². The molecule has 0 aromatic heterocycles. The molecule has 0 amide bonds. The van der Waals surface area contributed by atoms with E-state index < -0.39 is 0 Å². The fraction of sp³-hybridized carbons (Fsp3) is 0.611. The van der Waals surface area contributed by atoms with Crippen LogP contribution in [0.2, 0.25) is 0 Å². The largest absolute Gasteiger partial charge is 0.294 e. The molecule has 0 saturated carbocycles. The van der Waals surface area contributed by atoms with Gasteiger partial charge < -0.3 is 0 Å². The molecule has 0 radical (unpaired) electrons. The van der Waals surface area contributed by atoms with Crippen LogP contribution < -0.4 is 0 Å². The van der Waals surface area contributed by atoms with Crippen molar-refractivity contribution in [2.45, 2.75) is 65.2 Å². The normalized spacial score (nSPS) is 10.9. The minimum Gasteiger partial charge on any atom is -0.294 e. The van der Waals surface area contributed by atoms with Gasteiger partial charge in [0.25, 0.3) is 0 Å². The van der Waals surface area contributed by atoms with Crippen molar-refractivity contribution < 1.29 is 4.79 Å². The zero-order chi connectivity index (χ0) is 13.9. The molecular weight excluding hydrogens is 232 g/mol. The van der Waals surface area contributed by atoms with Gasteiger partial charge in [0.05, 0.1) is 0 Å². The average molecular weight is 260 g/mol. The lowest BCUT2D eigenvalue weighted by molar-refractivity contribution is 0.0902. The highest BCUT2D eigenvalue weighted by atomic mass is 16.1. The van der Waals surface area contributed by atoms with Crippen LogP contribution in [0.15, 0.2) is 30.3 Å². The van der Waals surface area contributed by atoms with Crippen molar-refractivity contribution in [2.75, 3.05) is 0 Å². The number of hydrogen-bond donors (Lipinski definition) is 0. The van der Waals surface area contributed by atoms with Crippen LogP contribution in [0.1, 0.15) is 75.6 Å². The van der Waals surface area contributed by atoms with E-state index in [-0.39, 0.29) is 5.92 Å². The van der Waals surface area contributed by atoms with E-state index >= 15 is 0 Å². The fourth-order valence-corrected chi connectivity index (χ4v) is 2.53. The molecular formula is C18H28O. The van der Waals surface area contributed by atoms with Crippen LogP contribution in [0, 0.1) is 5.92 Å². The molecule has 1 aromatic rings. The van der Waals surface area contributed by atoms with Crippen LogP contribution >= 0.6 is 0 Å². The van der Waals surface area contributed by atoms with Gasteiger partial charge >= 0.3 is 0 Å². The predicted octanol–water partition coefficient (Wildman–Crippen LogP) is 5.65. The summed E-state index contributed by atoms with van der Waals surface area (Å²) in [5.74, 6) is 0.591. The number of carbonyl (C=O) groups is 1. The second-order valence-electron chi connectivity index (χ2n) is 5.42. The average Bonchev–Trinajstić information content (AvgIpc) is 2.46. The van der Waals surface area contributed by atoms with Gasteiger partial charge in [0.2, 0.25) is 0 Å². The molecule has 0 heterocycles. The van der Waals surface area contributed by atoms with Gasteiger partial charge in [-0.15, -0.1) is 0 Å². The third-order valence-corrected chi connectivity index (χ3v) is 3.74. The van der Waals surface area contributed by atoms with Gasteiger partial charge in [-0.2, -0.15) is 0 Å². The first-order valence-electron chi connectivity index (χ1n) is 7.88. The summed E-state index contributed by atoms with van der Waals surface area (Å²) in [6, 6.07) is 9.80. The lowest BCUT2D eigenvalue weighted by atomic mass is 9.88. The highest BCUT2D eigenvalue weighted by molar-refractivity contribution is 5.97. The highest BCUT2D eigenvalue weighted by Crippen LogP contribution is 2.22. The molecule has 1 rings (SSSR count). The van der Waals surface area contributed by atoms with E-state index in [0.29, 0.717) is 5.78 Å². The summed E-state index contributed by atoms with van der Waals surface area (Å²) < 4.78 is 0. The number of carbonyl (C=O) groups excluding carboxylic acids is 1. The quantitative estimate of drug-likeness (QED) is 0.392. The molecule has 0 saturated heterocycles. The molecule has 0 aliphatic carbocycles. The second kappa shape index (κ2) is 9.77. The molecule has 0 aliphatic heterocycles. The molecule has 0 N–H and O–H groups in total. The lowest BCUT2D eigenvalue weighted by Crippen LogP contribution is -2.15. The summed E-state index contributed by atoms with van der Waals surface area (Å²) >= 11 is 0. The Morgan fingerprint density at radius 1 is 0.895 bits per heavy atom. The number of benzene rings is 1. The molecule has 1 heteroatoms. The smallest absolute Gasteiger partial charge is 0.165 e. The van der Waals surface area contributed by atoms with Gasteiger partial charge in [-0.1, -0.05) is 82.7 Å². The summed E-state index contributed by atoms with van der Waals surface area (Å²) in [5.41, 5.74) is 0.889. The zero-order valence-electron chi connectivity index (χ0n) is 12.5. The number of rotatable bonds is 10. The van der Waals surface area contributed by atoms with Crippen LogP contribution in [0.4, 0.5) is 0 Å². The first kappa shape index (κ1) is 15.9. The van der Waals surface area contributed by atoms with Crippen LogP contribution in [-0.4, -0.2) is 5.78 Å². The molecule has 0 fully saturated rings. The molecule has 1 aromatic carbocycles. The van der Waals surface area contributed by atoms with E-state index in [1.165, 1.54) is 38.5 Å². The molecule has 0 bridgehead atoms. The van der Waals surface area contributed by atoms with E-state index in [4.69, 9.17) is 0 Å². The summed E-state index contributed by atoms with van der Waals surface area (Å²) in [5, 5.41) is 0. The number of ketones is 1. The maximum atomic E-state index is 12.5. The molecule has 0 unspecified atom stereocenters. The molecule has 1 nitrogen and oxygen atoms in total. The van der Waals surface area contributed by atoms with Gasteiger partial charge in [-0.05, 0) is 12.8 Å². The Bertz CT molecular complexity index is 332. The van der Waals surface area contributed by atoms with Crippen molar-refractivity contribution in [1.82, 2.24) is 0 Å². The van der Waals surface area contributed by atoms with Gasteiger partial charge in [-0.3, -0.25) is 4.79 Å². The number of unbranched alkanes of at least 4 members (excludes halogenated alkanes) is 4. The van der Waals surface area contributed by atoms with E-state index in [2.05, 4.69) is 13.8 Å². The second-order valence-corrected chi connectivity index (χ2v) is 5.42. The van der Waals surface area contributed by atoms with E-state index in [9.17, 15) is 4.79 Å². The van der Waals surface area contributed by atoms with Gasteiger partial charge in [0, 0.05) is 11.5 Å². The molecule has 0 aliphatic rings. The minimum absolute atomic E-state index is 0.237. The molecule has 0 atom stereocenters. The third-order valence-electron chi connectivity index (χ3n) is 3.74. The Balaban J connectivity index is 2.57. The first-order valence-corrected chi connectivity index (χ1v) is 7.88. The van der Waals surface area contributed by atoms with Crippen LogP contribution in [0.5, 0.6) is 0 Å². The van der Waals surface area contributed by atoms with Crippen LogP contribution in [0.3, 0.4) is 0 Å². The van der Waals surface area contributed by atoms with Crippen molar-refractivity contribution in [3.05, 3.63) is 35.9 Å². The molecule has 0 spiro atoms. The van der Waals surface area contributed by atoms with Gasteiger partial charge in [-0.25, -0.2) is 0 Å². The highest BCUT2D eigenvalue weighted by Gasteiger charge is 2.18. The van der Waals surface area contributed by atoms with Crippen molar-refractivity contribution >= 4 is 5.78 Å². The molecule has 106 valence electrons. The summed E-state index contributed by atoms with van der Waals surface area (Å²) in [6.07, 6.45) is 9.43. The Labute approximate surface area is 118 Å². The number of Topliss-reactive ketones (excluding diaryl/α,β-unsaturated/α-hetero) is 1. The Hall–Kier alpha value is -1.11. The third kappa shape index (κ3) is 6.04. The van der Waals surface area contributed by atoms with Crippen molar-refractivity contribution in [2.24, 2.45) is 5.92 Å².